The van der Waals surface area contributed by atoms with Crippen LogP contribution >= 0.6 is 34.7 Å². The van der Waals surface area contributed by atoms with Crippen molar-refractivity contribution in [2.45, 2.75) is 38.5 Å². The number of amides is 1. The molecule has 32 heavy (non-hydrogen) atoms. The molecule has 1 aromatic heterocycles. The highest BCUT2D eigenvalue weighted by Crippen LogP contribution is 2.36. The molecule has 0 unspecified atom stereocenters. The van der Waals surface area contributed by atoms with Gasteiger partial charge in [-0.05, 0) is 68.1 Å². The average Bonchev–Trinajstić information content (AvgIpc) is 3.24. The Kier molecular flexibility index (Phi) is 9.34. The summed E-state index contributed by atoms with van der Waals surface area (Å²) in [6, 6.07) is 10.3. The fourth-order valence-electron chi connectivity index (χ4n) is 3.39. The average molecular weight is 494 g/mol. The number of nitrogens with zero attached hydrogens (tertiary/aromatic N) is 3. The predicted molar refractivity (Wildman–Crippen MR) is 136 cm³/mol. The second-order valence-corrected chi connectivity index (χ2v) is 10.1. The van der Waals surface area contributed by atoms with Crippen LogP contribution in [0.3, 0.4) is 0 Å². The maximum Gasteiger partial charge on any atom is 0.228 e. The van der Waals surface area contributed by atoms with Gasteiger partial charge in [-0.2, -0.15) is 0 Å². The fraction of sp³-hybridized carbons (Fsp3) is 0.417. The van der Waals surface area contributed by atoms with E-state index in [1.807, 2.05) is 24.0 Å². The molecule has 3 rings (SSSR count). The third-order valence-corrected chi connectivity index (χ3v) is 8.01. The van der Waals surface area contributed by atoms with Gasteiger partial charge in [0.1, 0.15) is 5.82 Å². The Hall–Kier alpha value is -1.67. The molecular weight excluding hydrogens is 465 g/mol. The summed E-state index contributed by atoms with van der Waals surface area (Å²) in [5, 5.41) is 1.38. The first-order valence-electron chi connectivity index (χ1n) is 10.9. The fourth-order valence-corrected chi connectivity index (χ4v) is 5.61. The van der Waals surface area contributed by atoms with Crippen LogP contribution in [0.4, 0.5) is 9.52 Å². The van der Waals surface area contributed by atoms with Gasteiger partial charge in [-0.15, -0.1) is 11.8 Å². The lowest BCUT2D eigenvalue weighted by molar-refractivity contribution is -0.118. The van der Waals surface area contributed by atoms with Gasteiger partial charge in [0.15, 0.2) is 5.13 Å². The van der Waals surface area contributed by atoms with Gasteiger partial charge in [0.05, 0.1) is 15.2 Å². The Morgan fingerprint density at radius 3 is 2.50 bits per heavy atom. The number of rotatable bonds is 11. The number of hydrogen-bond acceptors (Lipinski definition) is 5. The minimum atomic E-state index is -0.237. The van der Waals surface area contributed by atoms with Gasteiger partial charge in [0.25, 0.3) is 0 Å². The number of fused-ring (bicyclic) bond motifs is 1. The summed E-state index contributed by atoms with van der Waals surface area (Å²) in [5.41, 5.74) is 1.92. The number of carbonyl (C=O) groups excluding carboxylic acids is 1. The van der Waals surface area contributed by atoms with Crippen LogP contribution in [0.1, 0.15) is 32.3 Å². The molecule has 2 aromatic carbocycles. The van der Waals surface area contributed by atoms with E-state index in [0.717, 1.165) is 52.5 Å². The van der Waals surface area contributed by atoms with Gasteiger partial charge in [-0.3, -0.25) is 9.69 Å². The summed E-state index contributed by atoms with van der Waals surface area (Å²) >= 11 is 9.52. The van der Waals surface area contributed by atoms with Crippen LogP contribution in [0.25, 0.3) is 10.2 Å². The molecule has 0 saturated carbocycles. The topological polar surface area (TPSA) is 36.4 Å². The van der Waals surface area contributed by atoms with Crippen molar-refractivity contribution in [3.63, 3.8) is 0 Å². The van der Waals surface area contributed by atoms with Gasteiger partial charge < -0.3 is 4.90 Å². The molecule has 1 amide bonds. The quantitative estimate of drug-likeness (QED) is 0.221. The molecule has 0 bridgehead atoms. The summed E-state index contributed by atoms with van der Waals surface area (Å²) < 4.78 is 14.0. The first-order chi connectivity index (χ1) is 15.4. The molecule has 0 aliphatic rings. The van der Waals surface area contributed by atoms with Crippen LogP contribution in [-0.2, 0) is 4.79 Å². The Balaban J connectivity index is 1.70. The van der Waals surface area contributed by atoms with Gasteiger partial charge in [-0.1, -0.05) is 42.9 Å². The van der Waals surface area contributed by atoms with Gasteiger partial charge in [-0.25, -0.2) is 9.37 Å². The molecular formula is C24H29ClFN3OS2. The van der Waals surface area contributed by atoms with Gasteiger partial charge in [0, 0.05) is 24.4 Å². The normalized spacial score (nSPS) is 11.4. The standard InChI is InChI=1S/C24H29ClFN3OS2/c1-4-28(5-2)14-15-29(24-27-22-17(3)8-13-20(25)23(22)32-24)21(30)7-6-16-31-19-11-9-18(26)10-12-19/h8-13H,4-7,14-16H2,1-3H3. The van der Waals surface area contributed by atoms with E-state index < -0.39 is 0 Å². The van der Waals surface area contributed by atoms with Crippen molar-refractivity contribution in [3.8, 4) is 0 Å². The number of carbonyl (C=O) groups is 1. The largest absolute Gasteiger partial charge is 0.302 e. The molecule has 0 fully saturated rings. The maximum atomic E-state index is 13.2. The first kappa shape index (κ1) is 25.0. The molecule has 0 N–H and O–H groups in total. The first-order valence-corrected chi connectivity index (χ1v) is 13.1. The maximum absolute atomic E-state index is 13.2. The molecule has 0 aliphatic heterocycles. The number of hydrogen-bond donors (Lipinski definition) is 0. The molecule has 0 radical (unpaired) electrons. The molecule has 3 aromatic rings. The van der Waals surface area contributed by atoms with Gasteiger partial charge in [0.2, 0.25) is 5.91 Å². The van der Waals surface area contributed by atoms with E-state index in [4.69, 9.17) is 16.6 Å². The van der Waals surface area contributed by atoms with Crippen LogP contribution < -0.4 is 4.90 Å². The second-order valence-electron chi connectivity index (χ2n) is 7.52. The number of thioether (sulfide) groups is 1. The number of thiazole rings is 1. The molecule has 0 saturated heterocycles. The second kappa shape index (κ2) is 12.0. The highest BCUT2D eigenvalue weighted by Gasteiger charge is 2.21. The number of aromatic nitrogens is 1. The van der Waals surface area contributed by atoms with Crippen molar-refractivity contribution in [1.82, 2.24) is 9.88 Å². The van der Waals surface area contributed by atoms with Gasteiger partial charge >= 0.3 is 0 Å². The van der Waals surface area contributed by atoms with Crippen molar-refractivity contribution in [3.05, 3.63) is 52.8 Å². The number of anilines is 1. The van der Waals surface area contributed by atoms with Crippen LogP contribution in [-0.4, -0.2) is 47.7 Å². The van der Waals surface area contributed by atoms with E-state index in [1.54, 1.807) is 23.9 Å². The summed E-state index contributed by atoms with van der Waals surface area (Å²) in [6.07, 6.45) is 1.18. The SMILES string of the molecule is CCN(CC)CCN(C(=O)CCCSc1ccc(F)cc1)c1nc2c(C)ccc(Cl)c2s1. The number of halogens is 2. The lowest BCUT2D eigenvalue weighted by Gasteiger charge is -2.24. The molecule has 0 spiro atoms. The lowest BCUT2D eigenvalue weighted by atomic mass is 10.2. The smallest absolute Gasteiger partial charge is 0.228 e. The summed E-state index contributed by atoms with van der Waals surface area (Å²) in [5.74, 6) is 0.635. The van der Waals surface area contributed by atoms with Crippen molar-refractivity contribution >= 4 is 56.0 Å². The van der Waals surface area contributed by atoms with E-state index in [-0.39, 0.29) is 11.7 Å². The third-order valence-electron chi connectivity index (χ3n) is 5.37. The third kappa shape index (κ3) is 6.44. The summed E-state index contributed by atoms with van der Waals surface area (Å²) in [6.45, 7) is 9.55. The van der Waals surface area contributed by atoms with Crippen LogP contribution in [0.2, 0.25) is 5.02 Å². The Morgan fingerprint density at radius 2 is 1.84 bits per heavy atom. The van der Waals surface area contributed by atoms with Crippen molar-refractivity contribution < 1.29 is 9.18 Å². The molecule has 8 heteroatoms. The van der Waals surface area contributed by atoms with Crippen molar-refractivity contribution in [1.29, 1.82) is 0 Å². The Labute approximate surface area is 202 Å². The lowest BCUT2D eigenvalue weighted by Crippen LogP contribution is -2.38. The number of likely N-dealkylation sites (N-methyl/N-ethyl adjacent to an activating group) is 1. The van der Waals surface area contributed by atoms with Crippen LogP contribution in [0.15, 0.2) is 41.3 Å². The zero-order valence-electron chi connectivity index (χ0n) is 18.7. The Bertz CT molecular complexity index is 999. The highest BCUT2D eigenvalue weighted by molar-refractivity contribution is 7.99. The molecule has 0 atom stereocenters. The molecule has 172 valence electrons. The molecule has 0 aliphatic carbocycles. The van der Waals surface area contributed by atoms with E-state index in [1.165, 1.54) is 23.5 Å². The summed E-state index contributed by atoms with van der Waals surface area (Å²) in [7, 11) is 0. The zero-order valence-corrected chi connectivity index (χ0v) is 21.1. The number of aryl methyl sites for hydroxylation is 1. The minimum absolute atomic E-state index is 0.0738. The van der Waals surface area contributed by atoms with Crippen LogP contribution in [0, 0.1) is 12.7 Å². The van der Waals surface area contributed by atoms with E-state index in [2.05, 4.69) is 18.7 Å². The summed E-state index contributed by atoms with van der Waals surface area (Å²) in [4.78, 5) is 23.1. The van der Waals surface area contributed by atoms with Crippen molar-refractivity contribution in [2.24, 2.45) is 0 Å². The highest BCUT2D eigenvalue weighted by atomic mass is 35.5. The van der Waals surface area contributed by atoms with Crippen LogP contribution in [0.5, 0.6) is 0 Å². The predicted octanol–water partition coefficient (Wildman–Crippen LogP) is 6.64. The molecule has 1 heterocycles. The Morgan fingerprint density at radius 1 is 1.12 bits per heavy atom. The number of benzene rings is 2. The minimum Gasteiger partial charge on any atom is -0.302 e. The monoisotopic (exact) mass is 493 g/mol. The van der Waals surface area contributed by atoms with Crippen molar-refractivity contribution in [2.75, 3.05) is 36.8 Å². The molecule has 4 nitrogen and oxygen atoms in total. The van der Waals surface area contributed by atoms with E-state index in [9.17, 15) is 9.18 Å². The van der Waals surface area contributed by atoms with E-state index in [0.29, 0.717) is 23.1 Å². The van der Waals surface area contributed by atoms with E-state index >= 15 is 0 Å². The zero-order chi connectivity index (χ0) is 23.1.